The molecule has 1 saturated heterocycles. The van der Waals surface area contributed by atoms with Crippen molar-refractivity contribution in [2.24, 2.45) is 0 Å². The molecule has 1 aliphatic heterocycles. The van der Waals surface area contributed by atoms with Gasteiger partial charge in [-0.1, -0.05) is 0 Å². The number of hydrogen-bond donors (Lipinski definition) is 0. The van der Waals surface area contributed by atoms with Crippen LogP contribution in [0.25, 0.3) is 0 Å². The summed E-state index contributed by atoms with van der Waals surface area (Å²) in [4.78, 5) is 31.2. The third-order valence-electron chi connectivity index (χ3n) is 3.30. The smallest absolute Gasteiger partial charge is 0.330 e. The van der Waals surface area contributed by atoms with Gasteiger partial charge in [-0.2, -0.15) is 0 Å². The fourth-order valence-electron chi connectivity index (χ4n) is 2.15. The average Bonchev–Trinajstić information content (AvgIpc) is 2.53. The predicted octanol–water partition coefficient (Wildman–Crippen LogP) is 0.162. The van der Waals surface area contributed by atoms with Crippen LogP contribution in [0.2, 0.25) is 0 Å². The Balaban J connectivity index is 2.20. The molecule has 2 rings (SSSR count). The second-order valence-corrected chi connectivity index (χ2v) is 4.91. The van der Waals surface area contributed by atoms with Gasteiger partial charge in [-0.3, -0.25) is 4.79 Å². The number of ether oxygens (including phenoxy) is 2. The van der Waals surface area contributed by atoms with Crippen molar-refractivity contribution in [3.63, 3.8) is 0 Å². The van der Waals surface area contributed by atoms with E-state index in [4.69, 9.17) is 9.47 Å². The van der Waals surface area contributed by atoms with Gasteiger partial charge >= 0.3 is 5.97 Å². The van der Waals surface area contributed by atoms with Crippen molar-refractivity contribution in [3.05, 3.63) is 23.9 Å². The van der Waals surface area contributed by atoms with Crippen LogP contribution in [0, 0.1) is 0 Å². The van der Waals surface area contributed by atoms with Gasteiger partial charge in [-0.05, 0) is 12.1 Å². The van der Waals surface area contributed by atoms with Crippen LogP contribution >= 0.6 is 0 Å². The number of carbonyl (C=O) groups is 2. The Morgan fingerprint density at radius 2 is 2.19 bits per heavy atom. The molecule has 0 saturated carbocycles. The highest BCUT2D eigenvalue weighted by Gasteiger charge is 2.31. The summed E-state index contributed by atoms with van der Waals surface area (Å²) in [5, 5.41) is 0. The molecule has 0 N–H and O–H groups in total. The SMILES string of the molecule is COC(=O)C1COCCN1c1ccc(C(=O)N(C)C)cn1. The Kier molecular flexibility index (Phi) is 4.74. The van der Waals surface area contributed by atoms with Crippen molar-refractivity contribution in [3.8, 4) is 0 Å². The van der Waals surface area contributed by atoms with Crippen molar-refractivity contribution in [2.45, 2.75) is 6.04 Å². The van der Waals surface area contributed by atoms with Gasteiger partial charge in [0, 0.05) is 26.8 Å². The standard InChI is InChI=1S/C14H19N3O4/c1-16(2)13(18)10-4-5-12(15-8-10)17-6-7-21-9-11(17)14(19)20-3/h4-5,8,11H,6-7,9H2,1-3H3. The summed E-state index contributed by atoms with van der Waals surface area (Å²) in [6.07, 6.45) is 1.52. The van der Waals surface area contributed by atoms with Gasteiger partial charge in [0.15, 0.2) is 6.04 Å². The number of morpholine rings is 1. The first-order chi connectivity index (χ1) is 10.0. The fourth-order valence-corrected chi connectivity index (χ4v) is 2.15. The second kappa shape index (κ2) is 6.53. The lowest BCUT2D eigenvalue weighted by Gasteiger charge is -2.34. The molecule has 7 heteroatoms. The number of anilines is 1. The van der Waals surface area contributed by atoms with Crippen LogP contribution < -0.4 is 4.90 Å². The lowest BCUT2D eigenvalue weighted by Crippen LogP contribution is -2.51. The number of nitrogens with zero attached hydrogens (tertiary/aromatic N) is 3. The van der Waals surface area contributed by atoms with Crippen LogP contribution in [0.1, 0.15) is 10.4 Å². The van der Waals surface area contributed by atoms with Gasteiger partial charge in [0.05, 0.1) is 25.9 Å². The number of methoxy groups -OCH3 is 1. The van der Waals surface area contributed by atoms with E-state index >= 15 is 0 Å². The number of hydrogen-bond acceptors (Lipinski definition) is 6. The maximum atomic E-state index is 11.8. The zero-order chi connectivity index (χ0) is 15.4. The lowest BCUT2D eigenvalue weighted by molar-refractivity contribution is -0.144. The third-order valence-corrected chi connectivity index (χ3v) is 3.30. The molecule has 0 aliphatic carbocycles. The molecule has 114 valence electrons. The zero-order valence-electron chi connectivity index (χ0n) is 12.4. The molecule has 1 aromatic rings. The fraction of sp³-hybridized carbons (Fsp3) is 0.500. The summed E-state index contributed by atoms with van der Waals surface area (Å²) >= 11 is 0. The molecule has 1 fully saturated rings. The first-order valence-electron chi connectivity index (χ1n) is 6.64. The summed E-state index contributed by atoms with van der Waals surface area (Å²) in [7, 11) is 4.72. The number of amides is 1. The molecule has 1 aliphatic rings. The van der Waals surface area contributed by atoms with Crippen molar-refractivity contribution < 1.29 is 19.1 Å². The van der Waals surface area contributed by atoms with E-state index in [9.17, 15) is 9.59 Å². The molecule has 0 bridgehead atoms. The molecular weight excluding hydrogens is 274 g/mol. The number of aromatic nitrogens is 1. The minimum absolute atomic E-state index is 0.111. The van der Waals surface area contributed by atoms with Gasteiger partial charge in [0.1, 0.15) is 5.82 Å². The summed E-state index contributed by atoms with van der Waals surface area (Å²) < 4.78 is 10.1. The highest BCUT2D eigenvalue weighted by atomic mass is 16.5. The van der Waals surface area contributed by atoms with E-state index < -0.39 is 6.04 Å². The minimum Gasteiger partial charge on any atom is -0.467 e. The lowest BCUT2D eigenvalue weighted by atomic mass is 10.2. The molecule has 21 heavy (non-hydrogen) atoms. The Morgan fingerprint density at radius 1 is 1.43 bits per heavy atom. The Bertz CT molecular complexity index is 515. The zero-order valence-corrected chi connectivity index (χ0v) is 12.4. The summed E-state index contributed by atoms with van der Waals surface area (Å²) in [6, 6.07) is 2.93. The van der Waals surface area contributed by atoms with Gasteiger partial charge in [0.2, 0.25) is 0 Å². The van der Waals surface area contributed by atoms with Crippen LogP contribution in [-0.2, 0) is 14.3 Å². The van der Waals surface area contributed by atoms with E-state index in [0.29, 0.717) is 24.5 Å². The van der Waals surface area contributed by atoms with Crippen LogP contribution in [0.15, 0.2) is 18.3 Å². The number of rotatable bonds is 3. The maximum absolute atomic E-state index is 11.8. The van der Waals surface area contributed by atoms with E-state index in [-0.39, 0.29) is 18.5 Å². The summed E-state index contributed by atoms with van der Waals surface area (Å²) in [5.41, 5.74) is 0.506. The molecule has 1 amide bonds. The Labute approximate surface area is 123 Å². The molecule has 1 atom stereocenters. The van der Waals surface area contributed by atoms with E-state index in [1.165, 1.54) is 18.2 Å². The Morgan fingerprint density at radius 3 is 2.76 bits per heavy atom. The maximum Gasteiger partial charge on any atom is 0.330 e. The largest absolute Gasteiger partial charge is 0.467 e. The second-order valence-electron chi connectivity index (χ2n) is 4.91. The van der Waals surface area contributed by atoms with Gasteiger partial charge in [-0.25, -0.2) is 9.78 Å². The predicted molar refractivity (Wildman–Crippen MR) is 76.2 cm³/mol. The Hall–Kier alpha value is -2.15. The van der Waals surface area contributed by atoms with Crippen molar-refractivity contribution in [1.82, 2.24) is 9.88 Å². The van der Waals surface area contributed by atoms with Crippen LogP contribution in [0.3, 0.4) is 0 Å². The van der Waals surface area contributed by atoms with Crippen LogP contribution in [0.5, 0.6) is 0 Å². The average molecular weight is 293 g/mol. The minimum atomic E-state index is -0.508. The molecule has 0 radical (unpaired) electrons. The highest BCUT2D eigenvalue weighted by Crippen LogP contribution is 2.18. The van der Waals surface area contributed by atoms with E-state index in [0.717, 1.165) is 0 Å². The van der Waals surface area contributed by atoms with Gasteiger partial charge < -0.3 is 19.3 Å². The van der Waals surface area contributed by atoms with Gasteiger partial charge in [0.25, 0.3) is 5.91 Å². The summed E-state index contributed by atoms with van der Waals surface area (Å²) in [6.45, 7) is 1.34. The number of esters is 1. The highest BCUT2D eigenvalue weighted by molar-refractivity contribution is 5.93. The molecule has 2 heterocycles. The first-order valence-corrected chi connectivity index (χ1v) is 6.64. The normalized spacial score (nSPS) is 18.2. The van der Waals surface area contributed by atoms with Crippen molar-refractivity contribution >= 4 is 17.7 Å². The van der Waals surface area contributed by atoms with E-state index in [2.05, 4.69) is 4.98 Å². The number of pyridine rings is 1. The van der Waals surface area contributed by atoms with Crippen molar-refractivity contribution in [1.29, 1.82) is 0 Å². The number of carbonyl (C=O) groups excluding carboxylic acids is 2. The molecular formula is C14H19N3O4. The summed E-state index contributed by atoms with van der Waals surface area (Å²) in [5.74, 6) is 0.162. The van der Waals surface area contributed by atoms with Crippen LogP contribution in [-0.4, -0.2) is 68.8 Å². The molecule has 7 nitrogen and oxygen atoms in total. The molecule has 0 aromatic carbocycles. The van der Waals surface area contributed by atoms with E-state index in [1.54, 1.807) is 26.2 Å². The third kappa shape index (κ3) is 3.30. The first kappa shape index (κ1) is 15.2. The van der Waals surface area contributed by atoms with Crippen molar-refractivity contribution in [2.75, 3.05) is 45.9 Å². The molecule has 1 unspecified atom stereocenters. The van der Waals surface area contributed by atoms with Gasteiger partial charge in [-0.15, -0.1) is 0 Å². The topological polar surface area (TPSA) is 72.0 Å². The molecule has 0 spiro atoms. The molecule has 1 aromatic heterocycles. The monoisotopic (exact) mass is 293 g/mol. The van der Waals surface area contributed by atoms with E-state index in [1.807, 2.05) is 4.90 Å². The van der Waals surface area contributed by atoms with Crippen LogP contribution in [0.4, 0.5) is 5.82 Å². The quantitative estimate of drug-likeness (QED) is 0.739.